The molecule has 0 bridgehead atoms. The Hall–Kier alpha value is -1.07. The molecule has 1 aromatic rings. The third kappa shape index (κ3) is 4.45. The summed E-state index contributed by atoms with van der Waals surface area (Å²) in [6.45, 7) is 7.37. The summed E-state index contributed by atoms with van der Waals surface area (Å²) in [5.74, 6) is 0.148. The Balaban J connectivity index is 1.90. The average Bonchev–Trinajstić information content (AvgIpc) is 2.50. The lowest BCUT2D eigenvalue weighted by Gasteiger charge is -2.32. The van der Waals surface area contributed by atoms with Gasteiger partial charge in [0, 0.05) is 24.8 Å². The molecule has 1 aliphatic heterocycles. The second kappa shape index (κ2) is 7.27. The monoisotopic (exact) mass is 310 g/mol. The molecule has 1 saturated heterocycles. The van der Waals surface area contributed by atoms with Crippen molar-refractivity contribution in [1.29, 1.82) is 0 Å². The number of rotatable bonds is 6. The minimum atomic E-state index is -3.10. The van der Waals surface area contributed by atoms with Crippen LogP contribution in [0.25, 0.3) is 0 Å². The summed E-state index contributed by atoms with van der Waals surface area (Å²) in [5, 5.41) is 3.52. The van der Waals surface area contributed by atoms with Crippen LogP contribution in [-0.4, -0.2) is 44.7 Å². The number of sulfone groups is 1. The number of anilines is 1. The van der Waals surface area contributed by atoms with Gasteiger partial charge in [-0.2, -0.15) is 0 Å². The molecule has 1 heterocycles. The molecule has 0 saturated carbocycles. The fourth-order valence-electron chi connectivity index (χ4n) is 2.78. The highest BCUT2D eigenvalue weighted by molar-refractivity contribution is 7.91. The molecule has 0 aromatic heterocycles. The second-order valence-corrected chi connectivity index (χ2v) is 7.97. The van der Waals surface area contributed by atoms with E-state index >= 15 is 0 Å². The summed E-state index contributed by atoms with van der Waals surface area (Å²) in [7, 11) is -3.10. The number of piperidine rings is 1. The zero-order valence-electron chi connectivity index (χ0n) is 13.0. The molecular formula is C16H26N2O2S. The van der Waals surface area contributed by atoms with Crippen molar-refractivity contribution in [3.63, 3.8) is 0 Å². The lowest BCUT2D eigenvalue weighted by Crippen LogP contribution is -2.39. The second-order valence-electron chi connectivity index (χ2n) is 5.69. The summed E-state index contributed by atoms with van der Waals surface area (Å²) < 4.78 is 23.5. The van der Waals surface area contributed by atoms with Crippen molar-refractivity contribution < 1.29 is 8.42 Å². The Bertz CT molecular complexity index is 532. The van der Waals surface area contributed by atoms with E-state index in [1.54, 1.807) is 19.1 Å². The minimum absolute atomic E-state index is 0.148. The molecule has 0 aliphatic carbocycles. The van der Waals surface area contributed by atoms with Crippen LogP contribution in [-0.2, 0) is 9.84 Å². The van der Waals surface area contributed by atoms with Crippen molar-refractivity contribution in [3.8, 4) is 0 Å². The van der Waals surface area contributed by atoms with E-state index in [0.29, 0.717) is 10.9 Å². The normalized spacial score (nSPS) is 17.8. The van der Waals surface area contributed by atoms with Crippen LogP contribution in [0.2, 0.25) is 0 Å². The van der Waals surface area contributed by atoms with Gasteiger partial charge in [-0.1, -0.05) is 13.8 Å². The van der Waals surface area contributed by atoms with Gasteiger partial charge in [-0.3, -0.25) is 0 Å². The number of likely N-dealkylation sites (tertiary alicyclic amines) is 1. The Labute approximate surface area is 128 Å². The van der Waals surface area contributed by atoms with Gasteiger partial charge in [-0.05, 0) is 50.1 Å². The molecule has 5 heteroatoms. The van der Waals surface area contributed by atoms with E-state index in [2.05, 4.69) is 17.1 Å². The molecule has 1 aliphatic rings. The maximum Gasteiger partial charge on any atom is 0.178 e. The van der Waals surface area contributed by atoms with Gasteiger partial charge in [-0.25, -0.2) is 8.42 Å². The van der Waals surface area contributed by atoms with Crippen molar-refractivity contribution in [2.75, 3.05) is 30.7 Å². The van der Waals surface area contributed by atoms with Gasteiger partial charge in [0.15, 0.2) is 9.84 Å². The van der Waals surface area contributed by atoms with Gasteiger partial charge in [-0.15, -0.1) is 0 Å². The first kappa shape index (κ1) is 16.3. The number of benzene rings is 1. The topological polar surface area (TPSA) is 49.4 Å². The lowest BCUT2D eigenvalue weighted by molar-refractivity contribution is 0.219. The first-order valence-electron chi connectivity index (χ1n) is 7.87. The van der Waals surface area contributed by atoms with Crippen LogP contribution in [0.3, 0.4) is 0 Å². The Morgan fingerprint density at radius 2 is 1.76 bits per heavy atom. The van der Waals surface area contributed by atoms with Gasteiger partial charge in [0.2, 0.25) is 0 Å². The molecule has 1 N–H and O–H groups in total. The number of nitrogens with one attached hydrogen (secondary N) is 1. The van der Waals surface area contributed by atoms with Crippen LogP contribution in [0.5, 0.6) is 0 Å². The Morgan fingerprint density at radius 1 is 1.14 bits per heavy atom. The van der Waals surface area contributed by atoms with Crippen molar-refractivity contribution >= 4 is 15.5 Å². The molecule has 0 unspecified atom stereocenters. The molecule has 0 atom stereocenters. The molecule has 0 spiro atoms. The Kier molecular flexibility index (Phi) is 5.65. The maximum absolute atomic E-state index is 11.8. The molecule has 2 rings (SSSR count). The molecule has 4 nitrogen and oxygen atoms in total. The third-order valence-corrected chi connectivity index (χ3v) is 5.84. The Morgan fingerprint density at radius 3 is 2.29 bits per heavy atom. The van der Waals surface area contributed by atoms with Crippen LogP contribution in [0, 0.1) is 0 Å². The summed E-state index contributed by atoms with van der Waals surface area (Å²) in [6.07, 6.45) is 3.51. The number of hydrogen-bond donors (Lipinski definition) is 1. The fraction of sp³-hybridized carbons (Fsp3) is 0.625. The van der Waals surface area contributed by atoms with E-state index in [1.165, 1.54) is 13.0 Å². The van der Waals surface area contributed by atoms with E-state index in [0.717, 1.165) is 31.6 Å². The van der Waals surface area contributed by atoms with Gasteiger partial charge < -0.3 is 10.2 Å². The highest BCUT2D eigenvalue weighted by atomic mass is 32.2. The molecular weight excluding hydrogens is 284 g/mol. The minimum Gasteiger partial charge on any atom is -0.382 e. The summed E-state index contributed by atoms with van der Waals surface area (Å²) in [6, 6.07) is 7.65. The zero-order valence-corrected chi connectivity index (χ0v) is 13.8. The highest BCUT2D eigenvalue weighted by Crippen LogP contribution is 2.19. The van der Waals surface area contributed by atoms with E-state index in [-0.39, 0.29) is 5.75 Å². The predicted octanol–water partition coefficient (Wildman–Crippen LogP) is 2.77. The zero-order chi connectivity index (χ0) is 15.3. The van der Waals surface area contributed by atoms with Crippen LogP contribution in [0.1, 0.15) is 33.1 Å². The number of hydrogen-bond acceptors (Lipinski definition) is 4. The summed E-state index contributed by atoms with van der Waals surface area (Å²) in [5.41, 5.74) is 1.01. The first-order chi connectivity index (χ1) is 10.0. The average molecular weight is 310 g/mol. The van der Waals surface area contributed by atoms with Crippen molar-refractivity contribution in [2.45, 2.75) is 44.0 Å². The van der Waals surface area contributed by atoms with Gasteiger partial charge in [0.05, 0.1) is 10.6 Å². The van der Waals surface area contributed by atoms with Crippen LogP contribution >= 0.6 is 0 Å². The van der Waals surface area contributed by atoms with Gasteiger partial charge >= 0.3 is 0 Å². The maximum atomic E-state index is 11.8. The van der Waals surface area contributed by atoms with Crippen LogP contribution < -0.4 is 5.32 Å². The van der Waals surface area contributed by atoms with Gasteiger partial charge in [0.1, 0.15) is 0 Å². The summed E-state index contributed by atoms with van der Waals surface area (Å²) in [4.78, 5) is 2.92. The molecule has 1 fully saturated rings. The van der Waals surface area contributed by atoms with Crippen molar-refractivity contribution in [2.24, 2.45) is 0 Å². The standard InChI is InChI=1S/C16H26N2O2S/c1-3-11-18-12-9-15(10-13-18)17-14-5-7-16(8-6-14)21(19,20)4-2/h5-8,15,17H,3-4,9-13H2,1-2H3. The smallest absolute Gasteiger partial charge is 0.178 e. The quantitative estimate of drug-likeness (QED) is 0.878. The molecule has 0 radical (unpaired) electrons. The van der Waals surface area contributed by atoms with Crippen LogP contribution in [0.15, 0.2) is 29.2 Å². The SMILES string of the molecule is CCCN1CCC(Nc2ccc(S(=O)(=O)CC)cc2)CC1. The van der Waals surface area contributed by atoms with E-state index in [1.807, 2.05) is 12.1 Å². The van der Waals surface area contributed by atoms with Crippen LogP contribution in [0.4, 0.5) is 5.69 Å². The summed E-state index contributed by atoms with van der Waals surface area (Å²) >= 11 is 0. The first-order valence-corrected chi connectivity index (χ1v) is 9.52. The molecule has 21 heavy (non-hydrogen) atoms. The van der Waals surface area contributed by atoms with E-state index in [9.17, 15) is 8.42 Å². The number of nitrogens with zero attached hydrogens (tertiary/aromatic N) is 1. The van der Waals surface area contributed by atoms with Gasteiger partial charge in [0.25, 0.3) is 0 Å². The predicted molar refractivity (Wildman–Crippen MR) is 87.5 cm³/mol. The van der Waals surface area contributed by atoms with Crippen molar-refractivity contribution in [3.05, 3.63) is 24.3 Å². The molecule has 118 valence electrons. The third-order valence-electron chi connectivity index (χ3n) is 4.09. The molecule has 0 amide bonds. The van der Waals surface area contributed by atoms with Crippen molar-refractivity contribution in [1.82, 2.24) is 4.90 Å². The molecule has 1 aromatic carbocycles. The fourth-order valence-corrected chi connectivity index (χ4v) is 3.66. The van der Waals surface area contributed by atoms with E-state index in [4.69, 9.17) is 0 Å². The largest absolute Gasteiger partial charge is 0.382 e. The van der Waals surface area contributed by atoms with E-state index < -0.39 is 9.84 Å². The lowest BCUT2D eigenvalue weighted by atomic mass is 10.0. The highest BCUT2D eigenvalue weighted by Gasteiger charge is 2.18.